The summed E-state index contributed by atoms with van der Waals surface area (Å²) < 4.78 is 0. The van der Waals surface area contributed by atoms with Crippen LogP contribution in [0.5, 0.6) is 0 Å². The Bertz CT molecular complexity index is 371. The summed E-state index contributed by atoms with van der Waals surface area (Å²) in [6.07, 6.45) is 5.11. The Kier molecular flexibility index (Phi) is 3.98. The predicted molar refractivity (Wildman–Crippen MR) is 68.5 cm³/mol. The van der Waals surface area contributed by atoms with Crippen molar-refractivity contribution in [3.63, 3.8) is 0 Å². The van der Waals surface area contributed by atoms with E-state index in [1.54, 1.807) is 24.3 Å². The zero-order valence-corrected chi connectivity index (χ0v) is 9.91. The SMILES string of the molecule is NNc1ccc(C(=O)NCCC2CCC2)cc1. The molecule has 1 aliphatic carbocycles. The molecule has 0 atom stereocenters. The van der Waals surface area contributed by atoms with Gasteiger partial charge in [0.2, 0.25) is 0 Å². The highest BCUT2D eigenvalue weighted by Gasteiger charge is 2.16. The minimum Gasteiger partial charge on any atom is -0.352 e. The third-order valence-corrected chi connectivity index (χ3v) is 3.38. The van der Waals surface area contributed by atoms with Crippen LogP contribution in [0.3, 0.4) is 0 Å². The van der Waals surface area contributed by atoms with Gasteiger partial charge in [-0.25, -0.2) is 0 Å². The van der Waals surface area contributed by atoms with E-state index in [9.17, 15) is 4.79 Å². The number of nitrogen functional groups attached to an aromatic ring is 1. The second kappa shape index (κ2) is 5.68. The maximum absolute atomic E-state index is 11.8. The van der Waals surface area contributed by atoms with E-state index in [0.29, 0.717) is 5.56 Å². The zero-order valence-electron chi connectivity index (χ0n) is 9.91. The molecule has 0 bridgehead atoms. The molecule has 1 aromatic carbocycles. The van der Waals surface area contributed by atoms with E-state index in [2.05, 4.69) is 10.7 Å². The Labute approximate surface area is 102 Å². The number of hydrogen-bond acceptors (Lipinski definition) is 3. The summed E-state index contributed by atoms with van der Waals surface area (Å²) in [5.41, 5.74) is 4.01. The molecular weight excluding hydrogens is 214 g/mol. The van der Waals surface area contributed by atoms with Crippen LogP contribution >= 0.6 is 0 Å². The largest absolute Gasteiger partial charge is 0.352 e. The summed E-state index contributed by atoms with van der Waals surface area (Å²) in [7, 11) is 0. The zero-order chi connectivity index (χ0) is 12.1. The molecule has 17 heavy (non-hydrogen) atoms. The molecule has 0 aliphatic heterocycles. The summed E-state index contributed by atoms with van der Waals surface area (Å²) >= 11 is 0. The highest BCUT2D eigenvalue weighted by molar-refractivity contribution is 5.94. The molecule has 0 aromatic heterocycles. The summed E-state index contributed by atoms with van der Waals surface area (Å²) in [5, 5.41) is 2.94. The molecule has 4 N–H and O–H groups in total. The van der Waals surface area contributed by atoms with Gasteiger partial charge in [-0.15, -0.1) is 0 Å². The van der Waals surface area contributed by atoms with Crippen molar-refractivity contribution in [3.05, 3.63) is 29.8 Å². The standard InChI is InChI=1S/C13H19N3O/c14-16-12-6-4-11(5-7-12)13(17)15-9-8-10-2-1-3-10/h4-7,10,16H,1-3,8-9,14H2,(H,15,17). The van der Waals surface area contributed by atoms with Crippen LogP contribution in [0.4, 0.5) is 5.69 Å². The molecule has 0 saturated heterocycles. The van der Waals surface area contributed by atoms with Crippen LogP contribution in [-0.2, 0) is 0 Å². The molecule has 0 heterocycles. The first-order valence-corrected chi connectivity index (χ1v) is 6.14. The number of carbonyl (C=O) groups excluding carboxylic acids is 1. The predicted octanol–water partition coefficient (Wildman–Crippen LogP) is 1.89. The number of amides is 1. The molecule has 1 fully saturated rings. The second-order valence-corrected chi connectivity index (χ2v) is 4.56. The molecule has 4 nitrogen and oxygen atoms in total. The summed E-state index contributed by atoms with van der Waals surface area (Å²) in [6, 6.07) is 7.13. The van der Waals surface area contributed by atoms with Crippen LogP contribution < -0.4 is 16.6 Å². The van der Waals surface area contributed by atoms with Crippen molar-refractivity contribution in [3.8, 4) is 0 Å². The molecule has 0 unspecified atom stereocenters. The highest BCUT2D eigenvalue weighted by Crippen LogP contribution is 2.28. The first kappa shape index (κ1) is 11.9. The normalized spacial score (nSPS) is 15.1. The van der Waals surface area contributed by atoms with Gasteiger partial charge in [0.1, 0.15) is 0 Å². The van der Waals surface area contributed by atoms with E-state index in [-0.39, 0.29) is 5.91 Å². The van der Waals surface area contributed by atoms with Crippen molar-refractivity contribution < 1.29 is 4.79 Å². The summed E-state index contributed by atoms with van der Waals surface area (Å²) in [6.45, 7) is 0.778. The van der Waals surface area contributed by atoms with Crippen LogP contribution in [0, 0.1) is 5.92 Å². The van der Waals surface area contributed by atoms with Crippen LogP contribution in [0.15, 0.2) is 24.3 Å². The number of benzene rings is 1. The molecular formula is C13H19N3O. The van der Waals surface area contributed by atoms with E-state index < -0.39 is 0 Å². The monoisotopic (exact) mass is 233 g/mol. The third kappa shape index (κ3) is 3.20. The Morgan fingerprint density at radius 2 is 2.00 bits per heavy atom. The minimum absolute atomic E-state index is 0.00658. The van der Waals surface area contributed by atoms with Gasteiger partial charge in [0.15, 0.2) is 0 Å². The molecule has 0 spiro atoms. The van der Waals surface area contributed by atoms with Gasteiger partial charge in [-0.05, 0) is 36.6 Å². The average molecular weight is 233 g/mol. The fourth-order valence-electron chi connectivity index (χ4n) is 1.99. The molecule has 1 saturated carbocycles. The van der Waals surface area contributed by atoms with Crippen molar-refractivity contribution in [2.45, 2.75) is 25.7 Å². The number of anilines is 1. The van der Waals surface area contributed by atoms with E-state index in [4.69, 9.17) is 5.84 Å². The van der Waals surface area contributed by atoms with Crippen LogP contribution in [0.1, 0.15) is 36.0 Å². The van der Waals surface area contributed by atoms with Crippen LogP contribution in [0.25, 0.3) is 0 Å². The highest BCUT2D eigenvalue weighted by atomic mass is 16.1. The number of nitrogens with one attached hydrogen (secondary N) is 2. The van der Waals surface area contributed by atoms with E-state index >= 15 is 0 Å². The molecule has 2 rings (SSSR count). The van der Waals surface area contributed by atoms with Crippen molar-refractivity contribution in [1.82, 2.24) is 5.32 Å². The van der Waals surface area contributed by atoms with Crippen molar-refractivity contribution in [1.29, 1.82) is 0 Å². The van der Waals surface area contributed by atoms with Gasteiger partial charge in [-0.1, -0.05) is 19.3 Å². The molecule has 0 radical (unpaired) electrons. The van der Waals surface area contributed by atoms with E-state index in [1.807, 2.05) is 0 Å². The van der Waals surface area contributed by atoms with Gasteiger partial charge < -0.3 is 10.7 Å². The molecule has 1 amide bonds. The Morgan fingerprint density at radius 3 is 2.53 bits per heavy atom. The van der Waals surface area contributed by atoms with Crippen LogP contribution in [0.2, 0.25) is 0 Å². The maximum Gasteiger partial charge on any atom is 0.251 e. The van der Waals surface area contributed by atoms with Crippen molar-refractivity contribution in [2.75, 3.05) is 12.0 Å². The lowest BCUT2D eigenvalue weighted by Crippen LogP contribution is -2.27. The van der Waals surface area contributed by atoms with Crippen molar-refractivity contribution >= 4 is 11.6 Å². The van der Waals surface area contributed by atoms with E-state index in [0.717, 1.165) is 24.6 Å². The quantitative estimate of drug-likeness (QED) is 0.537. The fraction of sp³-hybridized carbons (Fsp3) is 0.462. The molecule has 1 aliphatic rings. The van der Waals surface area contributed by atoms with Crippen molar-refractivity contribution in [2.24, 2.45) is 11.8 Å². The smallest absolute Gasteiger partial charge is 0.251 e. The molecule has 1 aromatic rings. The molecule has 92 valence electrons. The Morgan fingerprint density at radius 1 is 1.29 bits per heavy atom. The van der Waals surface area contributed by atoms with Gasteiger partial charge in [-0.3, -0.25) is 10.6 Å². The topological polar surface area (TPSA) is 67.1 Å². The van der Waals surface area contributed by atoms with E-state index in [1.165, 1.54) is 19.3 Å². The van der Waals surface area contributed by atoms with Gasteiger partial charge in [0.25, 0.3) is 5.91 Å². The lowest BCUT2D eigenvalue weighted by Gasteiger charge is -2.25. The summed E-state index contributed by atoms with van der Waals surface area (Å²) in [4.78, 5) is 11.8. The molecule has 4 heteroatoms. The number of rotatable bonds is 5. The lowest BCUT2D eigenvalue weighted by atomic mass is 9.83. The number of carbonyl (C=O) groups is 1. The first-order valence-electron chi connectivity index (χ1n) is 6.14. The van der Waals surface area contributed by atoms with Gasteiger partial charge >= 0.3 is 0 Å². The Balaban J connectivity index is 1.77. The average Bonchev–Trinajstić information content (AvgIpc) is 2.32. The second-order valence-electron chi connectivity index (χ2n) is 4.56. The number of hydrazine groups is 1. The van der Waals surface area contributed by atoms with Gasteiger partial charge in [0, 0.05) is 17.8 Å². The van der Waals surface area contributed by atoms with Gasteiger partial charge in [-0.2, -0.15) is 0 Å². The maximum atomic E-state index is 11.8. The van der Waals surface area contributed by atoms with Crippen LogP contribution in [-0.4, -0.2) is 12.5 Å². The minimum atomic E-state index is -0.00658. The fourth-order valence-corrected chi connectivity index (χ4v) is 1.99. The first-order chi connectivity index (χ1) is 8.29. The van der Waals surface area contributed by atoms with Gasteiger partial charge in [0.05, 0.1) is 0 Å². The summed E-state index contributed by atoms with van der Waals surface area (Å²) in [5.74, 6) is 6.09. The number of hydrogen-bond donors (Lipinski definition) is 3. The lowest BCUT2D eigenvalue weighted by molar-refractivity contribution is 0.0949. The Hall–Kier alpha value is -1.55. The number of nitrogens with two attached hydrogens (primary N) is 1. The third-order valence-electron chi connectivity index (χ3n) is 3.38.